The lowest BCUT2D eigenvalue weighted by atomic mass is 9.58. The van der Waals surface area contributed by atoms with Crippen molar-refractivity contribution in [2.75, 3.05) is 0 Å². The van der Waals surface area contributed by atoms with Crippen molar-refractivity contribution in [3.63, 3.8) is 0 Å². The Bertz CT molecular complexity index is 302. The fraction of sp³-hybridized carbons (Fsp3) is 1.00. The summed E-state index contributed by atoms with van der Waals surface area (Å²) in [7, 11) is 0. The average Bonchev–Trinajstić information content (AvgIpc) is 2.46. The van der Waals surface area contributed by atoms with Crippen molar-refractivity contribution < 1.29 is 10.2 Å². The van der Waals surface area contributed by atoms with Gasteiger partial charge in [-0.2, -0.15) is 0 Å². The van der Waals surface area contributed by atoms with Crippen LogP contribution in [-0.2, 0) is 0 Å². The van der Waals surface area contributed by atoms with Crippen molar-refractivity contribution in [3.8, 4) is 0 Å². The summed E-state index contributed by atoms with van der Waals surface area (Å²) >= 11 is 0. The number of unbranched alkanes of at least 4 members (excludes halogenated alkanes) is 5. The Hall–Kier alpha value is -0.0800. The third-order valence-corrected chi connectivity index (χ3v) is 5.47. The largest absolute Gasteiger partial charge is 0.392 e. The molecule has 2 unspecified atom stereocenters. The number of aliphatic hydroxyl groups is 2. The molecule has 146 valence electrons. The Kier molecular flexibility index (Phi) is 10.1. The van der Waals surface area contributed by atoms with E-state index < -0.39 is 17.6 Å². The van der Waals surface area contributed by atoms with Gasteiger partial charge in [0.05, 0.1) is 12.2 Å². The van der Waals surface area contributed by atoms with E-state index in [1.165, 1.54) is 32.1 Å². The molecule has 2 nitrogen and oxygen atoms in total. The lowest BCUT2D eigenvalue weighted by Crippen LogP contribution is -2.55. The van der Waals surface area contributed by atoms with Crippen LogP contribution in [0, 0.1) is 16.2 Å². The second kappa shape index (κ2) is 10.2. The Labute approximate surface area is 152 Å². The van der Waals surface area contributed by atoms with Gasteiger partial charge in [-0.3, -0.25) is 0 Å². The first kappa shape index (κ1) is 23.9. The van der Waals surface area contributed by atoms with Gasteiger partial charge in [-0.1, -0.05) is 100 Å². The second-order valence-corrected chi connectivity index (χ2v) is 10.0. The maximum atomic E-state index is 11.3. The molecule has 2 N–H and O–H groups in total. The van der Waals surface area contributed by atoms with Crippen molar-refractivity contribution >= 4 is 0 Å². The highest BCUT2D eigenvalue weighted by Gasteiger charge is 2.51. The average molecular weight is 343 g/mol. The maximum Gasteiger partial charge on any atom is 0.0669 e. The van der Waals surface area contributed by atoms with Crippen molar-refractivity contribution in [2.24, 2.45) is 16.2 Å². The molecule has 0 saturated heterocycles. The normalized spacial score (nSPS) is 18.2. The molecule has 0 aliphatic carbocycles. The molecule has 0 bridgehead atoms. The molecule has 0 amide bonds. The van der Waals surface area contributed by atoms with Crippen LogP contribution < -0.4 is 0 Å². The molecule has 0 aromatic rings. The Morgan fingerprint density at radius 3 is 1.25 bits per heavy atom. The maximum absolute atomic E-state index is 11.3. The van der Waals surface area contributed by atoms with Gasteiger partial charge in [-0.05, 0) is 23.7 Å². The van der Waals surface area contributed by atoms with Gasteiger partial charge in [0.15, 0.2) is 0 Å². The third kappa shape index (κ3) is 7.04. The van der Waals surface area contributed by atoms with Gasteiger partial charge >= 0.3 is 0 Å². The van der Waals surface area contributed by atoms with Gasteiger partial charge in [0.1, 0.15) is 0 Å². The molecule has 0 rings (SSSR count). The van der Waals surface area contributed by atoms with Gasteiger partial charge in [-0.25, -0.2) is 0 Å². The van der Waals surface area contributed by atoms with Crippen LogP contribution in [0.4, 0.5) is 0 Å². The summed E-state index contributed by atoms with van der Waals surface area (Å²) < 4.78 is 0. The summed E-state index contributed by atoms with van der Waals surface area (Å²) in [6.07, 6.45) is 9.04. The molecule has 24 heavy (non-hydrogen) atoms. The van der Waals surface area contributed by atoms with Crippen molar-refractivity contribution in [2.45, 2.75) is 125 Å². The fourth-order valence-corrected chi connectivity index (χ4v) is 4.13. The summed E-state index contributed by atoms with van der Waals surface area (Å²) in [4.78, 5) is 0. The molecule has 0 spiro atoms. The predicted molar refractivity (Wildman–Crippen MR) is 106 cm³/mol. The minimum atomic E-state index is -0.488. The van der Waals surface area contributed by atoms with E-state index in [9.17, 15) is 10.2 Å². The zero-order valence-electron chi connectivity index (χ0n) is 17.9. The van der Waals surface area contributed by atoms with Crippen LogP contribution in [0.2, 0.25) is 0 Å². The topological polar surface area (TPSA) is 40.5 Å². The highest BCUT2D eigenvalue weighted by Crippen LogP contribution is 2.49. The minimum Gasteiger partial charge on any atom is -0.392 e. The van der Waals surface area contributed by atoms with Gasteiger partial charge in [0, 0.05) is 5.41 Å². The Morgan fingerprint density at radius 1 is 0.583 bits per heavy atom. The number of aliphatic hydroxyl groups excluding tert-OH is 2. The van der Waals surface area contributed by atoms with E-state index in [1.807, 2.05) is 0 Å². The van der Waals surface area contributed by atoms with Crippen molar-refractivity contribution in [1.82, 2.24) is 0 Å². The first-order valence-electron chi connectivity index (χ1n) is 10.3. The first-order valence-corrected chi connectivity index (χ1v) is 10.3. The van der Waals surface area contributed by atoms with Crippen LogP contribution in [0.1, 0.15) is 113 Å². The summed E-state index contributed by atoms with van der Waals surface area (Å²) in [6.45, 7) is 17.1. The molecule has 0 radical (unpaired) electrons. The van der Waals surface area contributed by atoms with E-state index in [0.717, 1.165) is 25.7 Å². The van der Waals surface area contributed by atoms with E-state index in [2.05, 4.69) is 55.4 Å². The molecule has 0 aromatic heterocycles. The zero-order chi connectivity index (χ0) is 19.0. The second-order valence-electron chi connectivity index (χ2n) is 10.0. The smallest absolute Gasteiger partial charge is 0.0669 e. The quantitative estimate of drug-likeness (QED) is 0.430. The molecule has 0 aliphatic rings. The molecule has 0 aliphatic heterocycles. The summed E-state index contributed by atoms with van der Waals surface area (Å²) in [5.41, 5.74) is -0.841. The predicted octanol–water partition coefficient (Wildman–Crippen LogP) is 6.34. The van der Waals surface area contributed by atoms with Crippen LogP contribution in [0.15, 0.2) is 0 Å². The Balaban J connectivity index is 5.62. The van der Waals surface area contributed by atoms with E-state index >= 15 is 0 Å². The lowest BCUT2D eigenvalue weighted by molar-refractivity contribution is -0.157. The standard InChI is InChI=1S/C22H46O2/c1-9-11-13-15-17-22(16-14-12-10-2,18(23)20(3,4)5)19(24)21(6,7)8/h18-19,23-24H,9-17H2,1-8H3. The van der Waals surface area contributed by atoms with Gasteiger partial charge in [0.2, 0.25) is 0 Å². The molecule has 2 heteroatoms. The van der Waals surface area contributed by atoms with Gasteiger partial charge < -0.3 is 10.2 Å². The molecular formula is C22H46O2. The van der Waals surface area contributed by atoms with Crippen molar-refractivity contribution in [3.05, 3.63) is 0 Å². The molecule has 0 fully saturated rings. The Morgan fingerprint density at radius 2 is 0.917 bits per heavy atom. The number of hydrogen-bond donors (Lipinski definition) is 2. The minimum absolute atomic E-state index is 0.219. The summed E-state index contributed by atoms with van der Waals surface area (Å²) in [5, 5.41) is 22.7. The number of hydrogen-bond acceptors (Lipinski definition) is 2. The highest BCUT2D eigenvalue weighted by atomic mass is 16.3. The molecule has 0 aromatic carbocycles. The van der Waals surface area contributed by atoms with E-state index in [-0.39, 0.29) is 10.8 Å². The first-order chi connectivity index (χ1) is 10.9. The molecule has 0 heterocycles. The summed E-state index contributed by atoms with van der Waals surface area (Å²) in [6, 6.07) is 0. The van der Waals surface area contributed by atoms with Gasteiger partial charge in [0.25, 0.3) is 0 Å². The summed E-state index contributed by atoms with van der Waals surface area (Å²) in [5.74, 6) is 0. The van der Waals surface area contributed by atoms with Crippen molar-refractivity contribution in [1.29, 1.82) is 0 Å². The fourth-order valence-electron chi connectivity index (χ4n) is 4.13. The van der Waals surface area contributed by atoms with Crippen LogP contribution in [0.25, 0.3) is 0 Å². The van der Waals surface area contributed by atoms with Crippen LogP contribution in [0.3, 0.4) is 0 Å². The van der Waals surface area contributed by atoms with E-state index in [4.69, 9.17) is 0 Å². The molecular weight excluding hydrogens is 296 g/mol. The zero-order valence-corrected chi connectivity index (χ0v) is 17.9. The molecule has 0 saturated carbocycles. The lowest BCUT2D eigenvalue weighted by Gasteiger charge is -2.51. The third-order valence-electron chi connectivity index (χ3n) is 5.47. The van der Waals surface area contributed by atoms with E-state index in [0.29, 0.717) is 0 Å². The SMILES string of the molecule is CCCCCCC(CCCCC)(C(O)C(C)(C)C)C(O)C(C)(C)C. The number of rotatable bonds is 11. The highest BCUT2D eigenvalue weighted by molar-refractivity contribution is 5.00. The molecule has 2 atom stereocenters. The van der Waals surface area contributed by atoms with Crippen LogP contribution >= 0.6 is 0 Å². The van der Waals surface area contributed by atoms with Crippen LogP contribution in [-0.4, -0.2) is 22.4 Å². The van der Waals surface area contributed by atoms with E-state index in [1.54, 1.807) is 0 Å². The van der Waals surface area contributed by atoms with Crippen LogP contribution in [0.5, 0.6) is 0 Å². The monoisotopic (exact) mass is 342 g/mol. The van der Waals surface area contributed by atoms with Gasteiger partial charge in [-0.15, -0.1) is 0 Å².